The van der Waals surface area contributed by atoms with Gasteiger partial charge in [0.05, 0.1) is 18.1 Å². The monoisotopic (exact) mass is 510 g/mol. The lowest BCUT2D eigenvalue weighted by molar-refractivity contribution is -0.123. The minimum Gasteiger partial charge on any atom is -0.494 e. The maximum atomic E-state index is 13.0. The number of halogens is 1. The quantitative estimate of drug-likeness (QED) is 0.355. The molecule has 3 aromatic rings. The zero-order chi connectivity index (χ0) is 22.8. The molecule has 5 nitrogen and oxygen atoms in total. The Morgan fingerprint density at radius 1 is 1.06 bits per heavy atom. The maximum absolute atomic E-state index is 13.0. The molecule has 0 spiro atoms. The van der Waals surface area contributed by atoms with Crippen molar-refractivity contribution in [3.05, 3.63) is 86.5 Å². The van der Waals surface area contributed by atoms with Crippen molar-refractivity contribution in [3.63, 3.8) is 0 Å². The highest BCUT2D eigenvalue weighted by atomic mass is 79.9. The van der Waals surface area contributed by atoms with Crippen molar-refractivity contribution in [1.82, 2.24) is 9.47 Å². The van der Waals surface area contributed by atoms with E-state index in [1.165, 1.54) is 4.90 Å². The van der Waals surface area contributed by atoms with Crippen LogP contribution in [0.5, 0.6) is 5.75 Å². The first-order valence-corrected chi connectivity index (χ1v) is 11.9. The summed E-state index contributed by atoms with van der Waals surface area (Å²) in [6, 6.07) is 17.6. The summed E-state index contributed by atoms with van der Waals surface area (Å²) in [4.78, 5) is 27.3. The van der Waals surface area contributed by atoms with Gasteiger partial charge in [-0.05, 0) is 86.1 Å². The van der Waals surface area contributed by atoms with Crippen molar-refractivity contribution in [1.29, 1.82) is 0 Å². The van der Waals surface area contributed by atoms with Gasteiger partial charge in [-0.1, -0.05) is 34.1 Å². The smallest absolute Gasteiger partial charge is 0.293 e. The molecule has 1 aliphatic rings. The summed E-state index contributed by atoms with van der Waals surface area (Å²) in [5.74, 6) is 0.569. The number of hydrogen-bond donors (Lipinski definition) is 0. The number of benzene rings is 2. The SMILES string of the molecule is CCOc1ccc(-n2c(C)cc(/C=C3\SC(=O)N(Cc4ccccc4Br)C3=O)c2C)cc1. The summed E-state index contributed by atoms with van der Waals surface area (Å²) >= 11 is 4.47. The summed E-state index contributed by atoms with van der Waals surface area (Å²) in [7, 11) is 0. The Bertz CT molecular complexity index is 1210. The zero-order valence-electron chi connectivity index (χ0n) is 18.1. The number of imide groups is 1. The van der Waals surface area contributed by atoms with Crippen molar-refractivity contribution in [2.24, 2.45) is 0 Å². The summed E-state index contributed by atoms with van der Waals surface area (Å²) in [5.41, 5.74) is 4.88. The average molecular weight is 511 g/mol. The number of rotatable bonds is 6. The number of thioether (sulfide) groups is 1. The van der Waals surface area contributed by atoms with Crippen molar-refractivity contribution in [2.45, 2.75) is 27.3 Å². The Balaban J connectivity index is 1.60. The van der Waals surface area contributed by atoms with Crippen LogP contribution in [0.3, 0.4) is 0 Å². The minimum absolute atomic E-state index is 0.245. The molecule has 0 aliphatic carbocycles. The Labute approximate surface area is 200 Å². The highest BCUT2D eigenvalue weighted by Crippen LogP contribution is 2.35. The molecule has 1 saturated heterocycles. The van der Waals surface area contributed by atoms with Gasteiger partial charge in [-0.3, -0.25) is 14.5 Å². The van der Waals surface area contributed by atoms with Gasteiger partial charge in [0.2, 0.25) is 0 Å². The minimum atomic E-state index is -0.262. The van der Waals surface area contributed by atoms with Crippen molar-refractivity contribution >= 4 is 44.9 Å². The lowest BCUT2D eigenvalue weighted by Crippen LogP contribution is -2.27. The van der Waals surface area contributed by atoms with E-state index in [1.54, 1.807) is 0 Å². The fourth-order valence-electron chi connectivity index (χ4n) is 3.76. The van der Waals surface area contributed by atoms with E-state index in [-0.39, 0.29) is 17.7 Å². The van der Waals surface area contributed by atoms with Crippen LogP contribution in [0.1, 0.15) is 29.4 Å². The second-order valence-electron chi connectivity index (χ2n) is 7.45. The molecule has 0 N–H and O–H groups in total. The first-order valence-electron chi connectivity index (χ1n) is 10.3. The highest BCUT2D eigenvalue weighted by Gasteiger charge is 2.35. The van der Waals surface area contributed by atoms with Crippen LogP contribution < -0.4 is 4.74 Å². The van der Waals surface area contributed by atoms with E-state index in [0.717, 1.165) is 50.2 Å². The number of ether oxygens (including phenoxy) is 1. The fraction of sp³-hybridized carbons (Fsp3) is 0.200. The summed E-state index contributed by atoms with van der Waals surface area (Å²) in [6.45, 7) is 6.87. The molecule has 1 aromatic heterocycles. The molecule has 4 rings (SSSR count). The molecule has 0 radical (unpaired) electrons. The molecule has 164 valence electrons. The van der Waals surface area contributed by atoms with Crippen molar-refractivity contribution in [2.75, 3.05) is 6.61 Å². The molecule has 0 saturated carbocycles. The Morgan fingerprint density at radius 3 is 2.47 bits per heavy atom. The van der Waals surface area contributed by atoms with Crippen LogP contribution in [0.4, 0.5) is 4.79 Å². The number of nitrogens with zero attached hydrogens (tertiary/aromatic N) is 2. The van der Waals surface area contributed by atoms with Gasteiger partial charge in [0, 0.05) is 21.5 Å². The number of aromatic nitrogens is 1. The van der Waals surface area contributed by atoms with Gasteiger partial charge < -0.3 is 9.30 Å². The molecule has 1 fully saturated rings. The van der Waals surface area contributed by atoms with Gasteiger partial charge in [-0.15, -0.1) is 0 Å². The Hall–Kier alpha value is -2.77. The molecule has 0 unspecified atom stereocenters. The standard InChI is InChI=1S/C25H23BrN2O3S/c1-4-31-21-11-9-20(10-12-21)28-16(2)13-19(17(28)3)14-23-24(29)27(25(30)32-23)15-18-7-5-6-8-22(18)26/h5-14H,4,15H2,1-3H3/b23-14-. The molecular weight excluding hydrogens is 488 g/mol. The van der Waals surface area contributed by atoms with Crippen LogP contribution in [0, 0.1) is 13.8 Å². The first kappa shape index (κ1) is 22.4. The molecule has 32 heavy (non-hydrogen) atoms. The van der Waals surface area contributed by atoms with E-state index < -0.39 is 0 Å². The fourth-order valence-corrected chi connectivity index (χ4v) is 5.00. The van der Waals surface area contributed by atoms with Crippen LogP contribution in [0.15, 0.2) is 64.0 Å². The number of aryl methyl sites for hydroxylation is 1. The molecule has 0 bridgehead atoms. The lowest BCUT2D eigenvalue weighted by atomic mass is 10.2. The Kier molecular flexibility index (Phi) is 6.58. The second-order valence-corrected chi connectivity index (χ2v) is 9.30. The summed E-state index contributed by atoms with van der Waals surface area (Å²) in [6.07, 6.45) is 1.82. The van der Waals surface area contributed by atoms with Gasteiger partial charge >= 0.3 is 0 Å². The van der Waals surface area contributed by atoms with Crippen LogP contribution in [-0.2, 0) is 11.3 Å². The van der Waals surface area contributed by atoms with E-state index in [9.17, 15) is 9.59 Å². The summed E-state index contributed by atoms with van der Waals surface area (Å²) in [5, 5.41) is -0.252. The zero-order valence-corrected chi connectivity index (χ0v) is 20.5. The van der Waals surface area contributed by atoms with Crippen molar-refractivity contribution < 1.29 is 14.3 Å². The molecule has 2 aromatic carbocycles. The third-order valence-corrected chi connectivity index (χ3v) is 7.00. The van der Waals surface area contributed by atoms with E-state index in [2.05, 4.69) is 20.5 Å². The predicted molar refractivity (Wildman–Crippen MR) is 132 cm³/mol. The molecule has 0 atom stereocenters. The molecular formula is C25H23BrN2O3S. The number of amides is 2. The topological polar surface area (TPSA) is 51.5 Å². The van der Waals surface area contributed by atoms with Gasteiger partial charge in [0.1, 0.15) is 5.75 Å². The van der Waals surface area contributed by atoms with E-state index in [4.69, 9.17) is 4.74 Å². The molecule has 7 heteroatoms. The van der Waals surface area contributed by atoms with E-state index >= 15 is 0 Å². The van der Waals surface area contributed by atoms with Crippen LogP contribution in [0.2, 0.25) is 0 Å². The van der Waals surface area contributed by atoms with Crippen LogP contribution in [-0.4, -0.2) is 27.2 Å². The Morgan fingerprint density at radius 2 is 1.78 bits per heavy atom. The number of carbonyl (C=O) groups excluding carboxylic acids is 2. The first-order chi connectivity index (χ1) is 15.4. The second kappa shape index (κ2) is 9.38. The number of hydrogen-bond acceptors (Lipinski definition) is 4. The number of carbonyl (C=O) groups is 2. The van der Waals surface area contributed by atoms with E-state index in [1.807, 2.05) is 81.4 Å². The van der Waals surface area contributed by atoms with Gasteiger partial charge in [0.15, 0.2) is 0 Å². The normalized spacial score (nSPS) is 15.1. The lowest BCUT2D eigenvalue weighted by Gasteiger charge is -2.13. The van der Waals surface area contributed by atoms with Gasteiger partial charge in [-0.2, -0.15) is 0 Å². The van der Waals surface area contributed by atoms with Crippen LogP contribution in [0.25, 0.3) is 11.8 Å². The summed E-state index contributed by atoms with van der Waals surface area (Å²) < 4.78 is 8.54. The van der Waals surface area contributed by atoms with Gasteiger partial charge in [0.25, 0.3) is 11.1 Å². The van der Waals surface area contributed by atoms with E-state index in [0.29, 0.717) is 11.5 Å². The third kappa shape index (κ3) is 4.40. The van der Waals surface area contributed by atoms with Gasteiger partial charge in [-0.25, -0.2) is 0 Å². The largest absolute Gasteiger partial charge is 0.494 e. The molecule has 2 heterocycles. The highest BCUT2D eigenvalue weighted by molar-refractivity contribution is 9.10. The molecule has 1 aliphatic heterocycles. The van der Waals surface area contributed by atoms with Crippen molar-refractivity contribution in [3.8, 4) is 11.4 Å². The maximum Gasteiger partial charge on any atom is 0.293 e. The van der Waals surface area contributed by atoms with Crippen LogP contribution >= 0.6 is 27.7 Å². The average Bonchev–Trinajstić information content (AvgIpc) is 3.20. The predicted octanol–water partition coefficient (Wildman–Crippen LogP) is 6.49. The third-order valence-electron chi connectivity index (χ3n) is 5.32. The molecule has 2 amide bonds.